The maximum absolute atomic E-state index is 13.3. The van der Waals surface area contributed by atoms with Crippen molar-refractivity contribution in [2.24, 2.45) is 11.1 Å². The summed E-state index contributed by atoms with van der Waals surface area (Å²) in [5, 5.41) is 12.8. The molecule has 0 radical (unpaired) electrons. The average Bonchev–Trinajstić information content (AvgIpc) is 2.87. The fourth-order valence-electron chi connectivity index (χ4n) is 3.93. The standard InChI is InChI=1S/C20H23N3O7/c1-19(2)8-11-15(12(24)9-19)20(28,16(25)22-18(21)27)17(26)23(11)10-5-6-13(29-3)14(7-10)30-4/h5-7,28H,8-9H2,1-4H3,(H3,21,22,25,27). The third kappa shape index (κ3) is 3.18. The second-order valence-electron chi connectivity index (χ2n) is 7.97. The molecule has 160 valence electrons. The highest BCUT2D eigenvalue weighted by Gasteiger charge is 2.61. The van der Waals surface area contributed by atoms with Gasteiger partial charge in [0.05, 0.1) is 25.5 Å². The van der Waals surface area contributed by atoms with Crippen molar-refractivity contribution in [1.82, 2.24) is 5.32 Å². The number of Topliss-reactive ketones (excluding diaryl/α,β-unsaturated/α-hetero) is 1. The normalized spacial score (nSPS) is 22.6. The molecule has 0 spiro atoms. The molecular weight excluding hydrogens is 394 g/mol. The molecule has 4 N–H and O–H groups in total. The molecule has 1 aromatic carbocycles. The van der Waals surface area contributed by atoms with E-state index in [2.05, 4.69) is 0 Å². The Kier molecular flexibility index (Phi) is 5.07. The van der Waals surface area contributed by atoms with E-state index >= 15 is 0 Å². The van der Waals surface area contributed by atoms with Crippen molar-refractivity contribution in [1.29, 1.82) is 0 Å². The van der Waals surface area contributed by atoms with Gasteiger partial charge in [0.25, 0.3) is 17.4 Å². The van der Waals surface area contributed by atoms with Gasteiger partial charge in [0.15, 0.2) is 17.3 Å². The predicted octanol–water partition coefficient (Wildman–Crippen LogP) is 0.620. The average molecular weight is 417 g/mol. The van der Waals surface area contributed by atoms with Gasteiger partial charge in [0, 0.05) is 18.2 Å². The molecule has 0 saturated carbocycles. The molecule has 0 aromatic heterocycles. The molecular formula is C20H23N3O7. The van der Waals surface area contributed by atoms with Gasteiger partial charge in [-0.25, -0.2) is 4.79 Å². The Hall–Kier alpha value is -3.40. The minimum Gasteiger partial charge on any atom is -0.493 e. The van der Waals surface area contributed by atoms with E-state index < -0.39 is 34.6 Å². The zero-order chi connectivity index (χ0) is 22.4. The van der Waals surface area contributed by atoms with Gasteiger partial charge in [0.1, 0.15) is 0 Å². The first-order valence-electron chi connectivity index (χ1n) is 9.13. The number of nitrogens with two attached hydrogens (primary N) is 1. The number of hydrogen-bond donors (Lipinski definition) is 3. The number of hydrogen-bond acceptors (Lipinski definition) is 7. The topological polar surface area (TPSA) is 148 Å². The molecule has 1 aromatic rings. The lowest BCUT2D eigenvalue weighted by Gasteiger charge is -2.32. The van der Waals surface area contributed by atoms with Gasteiger partial charge in [-0.05, 0) is 24.0 Å². The summed E-state index contributed by atoms with van der Waals surface area (Å²) in [5.41, 5.74) is 1.71. The van der Waals surface area contributed by atoms with E-state index in [1.165, 1.54) is 26.4 Å². The lowest BCUT2D eigenvalue weighted by atomic mass is 9.73. The second-order valence-corrected chi connectivity index (χ2v) is 7.97. The van der Waals surface area contributed by atoms with Gasteiger partial charge < -0.3 is 20.3 Å². The third-order valence-electron chi connectivity index (χ3n) is 5.19. The molecule has 0 saturated heterocycles. The van der Waals surface area contributed by atoms with Gasteiger partial charge in [-0.2, -0.15) is 0 Å². The SMILES string of the molecule is COc1ccc(N2C(=O)C(O)(C(=O)NC(N)=O)C3=C2CC(C)(C)CC3=O)cc1OC. The number of aliphatic hydroxyl groups is 1. The number of amides is 4. The molecule has 10 heteroatoms. The van der Waals surface area contributed by atoms with Crippen LogP contribution in [0.3, 0.4) is 0 Å². The number of anilines is 1. The third-order valence-corrected chi connectivity index (χ3v) is 5.19. The number of benzene rings is 1. The molecule has 30 heavy (non-hydrogen) atoms. The van der Waals surface area contributed by atoms with E-state index in [0.29, 0.717) is 11.5 Å². The van der Waals surface area contributed by atoms with E-state index in [1.807, 2.05) is 13.8 Å². The molecule has 1 aliphatic carbocycles. The molecule has 1 unspecified atom stereocenters. The van der Waals surface area contributed by atoms with E-state index in [-0.39, 0.29) is 29.8 Å². The Labute approximate surface area is 172 Å². The summed E-state index contributed by atoms with van der Waals surface area (Å²) in [6.45, 7) is 3.68. The van der Waals surface area contributed by atoms with E-state index in [9.17, 15) is 24.3 Å². The molecule has 0 fully saturated rings. The van der Waals surface area contributed by atoms with Crippen LogP contribution in [0.15, 0.2) is 29.5 Å². The van der Waals surface area contributed by atoms with E-state index in [0.717, 1.165) is 4.90 Å². The van der Waals surface area contributed by atoms with E-state index in [1.54, 1.807) is 11.4 Å². The fraction of sp³-hybridized carbons (Fsp3) is 0.400. The number of primary amides is 1. The van der Waals surface area contributed by atoms with Crippen LogP contribution in [-0.2, 0) is 14.4 Å². The summed E-state index contributed by atoms with van der Waals surface area (Å²) in [5.74, 6) is -2.29. The molecule has 1 aliphatic heterocycles. The first kappa shape index (κ1) is 21.3. The fourth-order valence-corrected chi connectivity index (χ4v) is 3.93. The van der Waals surface area contributed by atoms with Crippen LogP contribution in [0.4, 0.5) is 10.5 Å². The van der Waals surface area contributed by atoms with Crippen LogP contribution in [0, 0.1) is 5.41 Å². The number of nitrogens with zero attached hydrogens (tertiary/aromatic N) is 1. The van der Waals surface area contributed by atoms with Gasteiger partial charge in [0.2, 0.25) is 0 Å². The molecule has 0 bridgehead atoms. The summed E-state index contributed by atoms with van der Waals surface area (Å²) in [6, 6.07) is 3.33. The monoisotopic (exact) mass is 417 g/mol. The number of methoxy groups -OCH3 is 2. The van der Waals surface area contributed by atoms with Crippen LogP contribution in [0.5, 0.6) is 11.5 Å². The Balaban J connectivity index is 2.22. The number of rotatable bonds is 4. The van der Waals surface area contributed by atoms with Gasteiger partial charge >= 0.3 is 6.03 Å². The summed E-state index contributed by atoms with van der Waals surface area (Å²) in [6.07, 6.45) is 0.255. The molecule has 1 heterocycles. The van der Waals surface area contributed by atoms with Crippen molar-refractivity contribution in [2.75, 3.05) is 19.1 Å². The summed E-state index contributed by atoms with van der Waals surface area (Å²) < 4.78 is 10.5. The number of allylic oxidation sites excluding steroid dienone is 1. The van der Waals surface area contributed by atoms with Crippen LogP contribution < -0.4 is 25.4 Å². The molecule has 10 nitrogen and oxygen atoms in total. The smallest absolute Gasteiger partial charge is 0.318 e. The van der Waals surface area contributed by atoms with E-state index in [4.69, 9.17) is 15.2 Å². The number of ether oxygens (including phenoxy) is 2. The lowest BCUT2D eigenvalue weighted by molar-refractivity contribution is -0.147. The summed E-state index contributed by atoms with van der Waals surface area (Å²) >= 11 is 0. The number of carbonyl (C=O) groups excluding carboxylic acids is 4. The van der Waals surface area contributed by atoms with Crippen molar-refractivity contribution >= 4 is 29.3 Å². The largest absolute Gasteiger partial charge is 0.493 e. The number of nitrogens with one attached hydrogen (secondary N) is 1. The first-order chi connectivity index (χ1) is 14.0. The summed E-state index contributed by atoms with van der Waals surface area (Å²) in [4.78, 5) is 51.1. The van der Waals surface area contributed by atoms with Crippen molar-refractivity contribution in [3.05, 3.63) is 29.5 Å². The Bertz CT molecular complexity index is 998. The number of carbonyl (C=O) groups is 4. The number of ketones is 1. The Morgan fingerprint density at radius 2 is 1.77 bits per heavy atom. The van der Waals surface area contributed by atoms with Crippen LogP contribution in [-0.4, -0.2) is 48.6 Å². The Morgan fingerprint density at radius 3 is 2.33 bits per heavy atom. The van der Waals surface area contributed by atoms with Crippen LogP contribution in [0.2, 0.25) is 0 Å². The van der Waals surface area contributed by atoms with Crippen molar-refractivity contribution < 1.29 is 33.8 Å². The van der Waals surface area contributed by atoms with Crippen LogP contribution in [0.25, 0.3) is 0 Å². The maximum atomic E-state index is 13.3. The number of imide groups is 1. The predicted molar refractivity (Wildman–Crippen MR) is 105 cm³/mol. The van der Waals surface area contributed by atoms with Crippen LogP contribution >= 0.6 is 0 Å². The molecule has 1 atom stereocenters. The molecule has 4 amide bonds. The summed E-state index contributed by atoms with van der Waals surface area (Å²) in [7, 11) is 2.87. The minimum atomic E-state index is -2.87. The highest BCUT2D eigenvalue weighted by molar-refractivity contribution is 6.29. The molecule has 3 rings (SSSR count). The zero-order valence-electron chi connectivity index (χ0n) is 17.1. The van der Waals surface area contributed by atoms with Gasteiger partial charge in [-0.3, -0.25) is 24.6 Å². The Morgan fingerprint density at radius 1 is 1.13 bits per heavy atom. The first-order valence-corrected chi connectivity index (χ1v) is 9.13. The number of urea groups is 1. The van der Waals surface area contributed by atoms with Gasteiger partial charge in [-0.15, -0.1) is 0 Å². The van der Waals surface area contributed by atoms with Gasteiger partial charge in [-0.1, -0.05) is 13.8 Å². The minimum absolute atomic E-state index is 0.0189. The maximum Gasteiger partial charge on any atom is 0.318 e. The lowest BCUT2D eigenvalue weighted by Crippen LogP contribution is -2.57. The zero-order valence-corrected chi connectivity index (χ0v) is 17.1. The van der Waals surface area contributed by atoms with Crippen molar-refractivity contribution in [2.45, 2.75) is 32.3 Å². The highest BCUT2D eigenvalue weighted by atomic mass is 16.5. The quantitative estimate of drug-likeness (QED) is 0.608. The second kappa shape index (κ2) is 7.13. The van der Waals surface area contributed by atoms with Crippen molar-refractivity contribution in [3.8, 4) is 11.5 Å². The highest BCUT2D eigenvalue weighted by Crippen LogP contribution is 2.48. The van der Waals surface area contributed by atoms with Crippen molar-refractivity contribution in [3.63, 3.8) is 0 Å². The van der Waals surface area contributed by atoms with Crippen LogP contribution in [0.1, 0.15) is 26.7 Å². The molecule has 2 aliphatic rings.